The number of phosphoric ester groups is 1. The molecule has 0 aromatic heterocycles. The van der Waals surface area contributed by atoms with Crippen molar-refractivity contribution in [2.75, 3.05) is 6.61 Å². The minimum atomic E-state index is -4.66. The van der Waals surface area contributed by atoms with E-state index in [1.165, 1.54) is 0 Å². The maximum Gasteiger partial charge on any atom is 0.469 e. The molecule has 0 spiro atoms. The highest BCUT2D eigenvalue weighted by molar-refractivity contribution is 7.46. The summed E-state index contributed by atoms with van der Waals surface area (Å²) in [4.78, 5) is 26.1. The third-order valence-corrected chi connectivity index (χ3v) is 1.43. The summed E-state index contributed by atoms with van der Waals surface area (Å²) < 4.78 is 13.8. The zero-order chi connectivity index (χ0) is 9.78. The second kappa shape index (κ2) is 4.66. The van der Waals surface area contributed by atoms with Crippen molar-refractivity contribution < 1.29 is 33.9 Å². The van der Waals surface area contributed by atoms with E-state index in [9.17, 15) is 9.36 Å². The molecule has 12 heavy (non-hydrogen) atoms. The normalized spacial score (nSPS) is 17.0. The van der Waals surface area contributed by atoms with Gasteiger partial charge in [-0.3, -0.25) is 4.52 Å². The van der Waals surface area contributed by atoms with Crippen molar-refractivity contribution >= 4 is 14.1 Å². The number of carbonyl (C=O) groups is 1. The Balaban J connectivity index is 3.79. The van der Waals surface area contributed by atoms with Gasteiger partial charge >= 0.3 is 7.82 Å². The lowest BCUT2D eigenvalue weighted by atomic mass is 10.2. The zero-order valence-electron chi connectivity index (χ0n) is 5.90. The molecule has 8 heteroatoms. The van der Waals surface area contributed by atoms with Crippen molar-refractivity contribution in [3.8, 4) is 0 Å². The Morgan fingerprint density at radius 2 is 1.92 bits per heavy atom. The van der Waals surface area contributed by atoms with Crippen molar-refractivity contribution in [3.63, 3.8) is 0 Å². The molecule has 7 nitrogen and oxygen atoms in total. The van der Waals surface area contributed by atoms with Gasteiger partial charge in [0.2, 0.25) is 0 Å². The molecule has 0 saturated carbocycles. The maximum atomic E-state index is 10.0. The van der Waals surface area contributed by atoms with Crippen LogP contribution in [0.1, 0.15) is 0 Å². The standard InChI is InChI=1S/C4H9O7P/c5-1-3(6)4(7)2-11-12(8,9)10/h1,3-4,6-7H,2H2,(H2,8,9,10)/t3-,4+/m1/s1. The molecule has 4 N–H and O–H groups in total. The quantitative estimate of drug-likeness (QED) is 0.299. The summed E-state index contributed by atoms with van der Waals surface area (Å²) in [5, 5.41) is 17.3. The topological polar surface area (TPSA) is 124 Å². The third-order valence-electron chi connectivity index (χ3n) is 0.947. The van der Waals surface area contributed by atoms with Crippen molar-refractivity contribution in [2.24, 2.45) is 0 Å². The Kier molecular flexibility index (Phi) is 4.54. The lowest BCUT2D eigenvalue weighted by Gasteiger charge is -2.12. The van der Waals surface area contributed by atoms with Gasteiger partial charge in [0.25, 0.3) is 0 Å². The molecule has 0 amide bonds. The first-order valence-electron chi connectivity index (χ1n) is 2.88. The Bertz CT molecular complexity index is 186. The zero-order valence-corrected chi connectivity index (χ0v) is 6.79. The van der Waals surface area contributed by atoms with Crippen molar-refractivity contribution in [1.29, 1.82) is 0 Å². The number of hydrogen-bond acceptors (Lipinski definition) is 5. The van der Waals surface area contributed by atoms with Crippen molar-refractivity contribution in [2.45, 2.75) is 12.2 Å². The van der Waals surface area contributed by atoms with Crippen LogP contribution in [0.2, 0.25) is 0 Å². The molecule has 72 valence electrons. The molecule has 0 saturated heterocycles. The number of aliphatic hydroxyl groups is 2. The molecule has 0 heterocycles. The molecule has 0 bridgehead atoms. The first-order valence-corrected chi connectivity index (χ1v) is 4.41. The molecule has 0 unspecified atom stereocenters. The molecular formula is C4H9O7P. The molecule has 0 aromatic carbocycles. The molecule has 0 aromatic rings. The van der Waals surface area contributed by atoms with E-state index in [4.69, 9.17) is 20.0 Å². The molecule has 0 fully saturated rings. The van der Waals surface area contributed by atoms with Gasteiger partial charge in [0.1, 0.15) is 12.2 Å². The highest BCUT2D eigenvalue weighted by atomic mass is 31.2. The second-order valence-electron chi connectivity index (χ2n) is 1.98. The Morgan fingerprint density at radius 3 is 2.25 bits per heavy atom. The Labute approximate surface area is 67.8 Å². The maximum absolute atomic E-state index is 10.0. The van der Waals surface area contributed by atoms with Crippen LogP contribution in [-0.4, -0.2) is 45.1 Å². The van der Waals surface area contributed by atoms with Crippen molar-refractivity contribution in [3.05, 3.63) is 0 Å². The van der Waals surface area contributed by atoms with E-state index in [-0.39, 0.29) is 6.29 Å². The smallest absolute Gasteiger partial charge is 0.388 e. The Hall–Kier alpha value is -0.300. The highest BCUT2D eigenvalue weighted by Gasteiger charge is 2.21. The third kappa shape index (κ3) is 5.36. The molecule has 0 radical (unpaired) electrons. The van der Waals surface area contributed by atoms with E-state index in [1.54, 1.807) is 0 Å². The fraction of sp³-hybridized carbons (Fsp3) is 0.750. The van der Waals surface area contributed by atoms with Gasteiger partial charge in [-0.15, -0.1) is 0 Å². The van der Waals surface area contributed by atoms with Crippen LogP contribution in [-0.2, 0) is 13.9 Å². The van der Waals surface area contributed by atoms with E-state index in [2.05, 4.69) is 4.52 Å². The predicted molar refractivity (Wildman–Crippen MR) is 36.1 cm³/mol. The average molecular weight is 200 g/mol. The average Bonchev–Trinajstić information content (AvgIpc) is 1.97. The SMILES string of the molecule is O=C[C@@H](O)[C@@H](O)COP(=O)(O)O. The van der Waals surface area contributed by atoms with Crippen LogP contribution in [0.4, 0.5) is 0 Å². The minimum Gasteiger partial charge on any atom is -0.388 e. The van der Waals surface area contributed by atoms with Gasteiger partial charge in [-0.05, 0) is 0 Å². The first-order chi connectivity index (χ1) is 5.37. The van der Waals surface area contributed by atoms with Crippen LogP contribution >= 0.6 is 7.82 Å². The largest absolute Gasteiger partial charge is 0.469 e. The van der Waals surface area contributed by atoms with E-state index in [0.717, 1.165) is 0 Å². The summed E-state index contributed by atoms with van der Waals surface area (Å²) in [6.07, 6.45) is -3.29. The van der Waals surface area contributed by atoms with Gasteiger partial charge in [0.15, 0.2) is 6.29 Å². The summed E-state index contributed by atoms with van der Waals surface area (Å²) >= 11 is 0. The number of aldehydes is 1. The lowest BCUT2D eigenvalue weighted by Crippen LogP contribution is -2.31. The van der Waals surface area contributed by atoms with Gasteiger partial charge < -0.3 is 24.8 Å². The highest BCUT2D eigenvalue weighted by Crippen LogP contribution is 2.35. The minimum absolute atomic E-state index is 0.0354. The predicted octanol–water partition coefficient (Wildman–Crippen LogP) is -1.98. The fourth-order valence-corrected chi connectivity index (χ4v) is 0.710. The number of rotatable bonds is 5. The van der Waals surface area contributed by atoms with Gasteiger partial charge in [-0.2, -0.15) is 0 Å². The van der Waals surface area contributed by atoms with E-state index in [0.29, 0.717) is 0 Å². The van der Waals surface area contributed by atoms with Crippen LogP contribution in [0.3, 0.4) is 0 Å². The van der Waals surface area contributed by atoms with Crippen LogP contribution < -0.4 is 0 Å². The molecule has 0 aliphatic heterocycles. The number of aliphatic hydroxyl groups excluding tert-OH is 2. The van der Waals surface area contributed by atoms with Crippen molar-refractivity contribution in [1.82, 2.24) is 0 Å². The molecule has 2 atom stereocenters. The van der Waals surface area contributed by atoms with Gasteiger partial charge in [-0.25, -0.2) is 4.57 Å². The van der Waals surface area contributed by atoms with Gasteiger partial charge in [0.05, 0.1) is 6.61 Å². The van der Waals surface area contributed by atoms with Gasteiger partial charge in [-0.1, -0.05) is 0 Å². The molecule has 0 aliphatic rings. The van der Waals surface area contributed by atoms with Crippen LogP contribution in [0, 0.1) is 0 Å². The van der Waals surface area contributed by atoms with Gasteiger partial charge in [0, 0.05) is 0 Å². The lowest BCUT2D eigenvalue weighted by molar-refractivity contribution is -0.121. The van der Waals surface area contributed by atoms with E-state index >= 15 is 0 Å². The summed E-state index contributed by atoms with van der Waals surface area (Å²) in [5.74, 6) is 0. The first kappa shape index (κ1) is 11.7. The van der Waals surface area contributed by atoms with E-state index < -0.39 is 26.6 Å². The summed E-state index contributed by atoms with van der Waals surface area (Å²) in [7, 11) is -4.66. The molecule has 0 aliphatic carbocycles. The second-order valence-corrected chi connectivity index (χ2v) is 3.22. The van der Waals surface area contributed by atoms with Crippen LogP contribution in [0.5, 0.6) is 0 Å². The summed E-state index contributed by atoms with van der Waals surface area (Å²) in [6.45, 7) is -0.801. The number of phosphoric acid groups is 1. The summed E-state index contributed by atoms with van der Waals surface area (Å²) in [5.41, 5.74) is 0. The fourth-order valence-electron chi connectivity index (χ4n) is 0.363. The van der Waals surface area contributed by atoms with E-state index in [1.807, 2.05) is 0 Å². The van der Waals surface area contributed by atoms with Crippen LogP contribution in [0.15, 0.2) is 0 Å². The number of hydrogen-bond donors (Lipinski definition) is 4. The summed E-state index contributed by atoms with van der Waals surface area (Å²) in [6, 6.07) is 0. The molecule has 0 rings (SSSR count). The molecular weight excluding hydrogens is 191 g/mol. The monoisotopic (exact) mass is 200 g/mol. The van der Waals surface area contributed by atoms with Crippen LogP contribution in [0.25, 0.3) is 0 Å². The number of carbonyl (C=O) groups excluding carboxylic acids is 1. The Morgan fingerprint density at radius 1 is 1.42 bits per heavy atom.